The van der Waals surface area contributed by atoms with Crippen molar-refractivity contribution in [2.75, 3.05) is 0 Å². The Morgan fingerprint density at radius 2 is 1.85 bits per heavy atom. The van der Waals surface area contributed by atoms with Gasteiger partial charge < -0.3 is 0 Å². The minimum absolute atomic E-state index is 0.672. The van der Waals surface area contributed by atoms with Gasteiger partial charge in [-0.15, -0.1) is 11.8 Å². The third kappa shape index (κ3) is 3.57. The first kappa shape index (κ1) is 15.4. The van der Waals surface area contributed by atoms with Crippen LogP contribution in [0.25, 0.3) is 0 Å². The van der Waals surface area contributed by atoms with Gasteiger partial charge in [-0.1, -0.05) is 29.3 Å². The molecule has 20 heavy (non-hydrogen) atoms. The predicted octanol–water partition coefficient (Wildman–Crippen LogP) is 5.72. The molecule has 0 saturated carbocycles. The Labute approximate surface area is 133 Å². The second kappa shape index (κ2) is 6.66. The Hall–Kier alpha value is -0.960. The van der Waals surface area contributed by atoms with Crippen LogP contribution in [0.4, 0.5) is 0 Å². The smallest absolute Gasteiger partial charge is 0.150 e. The Balaban J connectivity index is 2.22. The number of rotatable bonds is 4. The maximum absolute atomic E-state index is 11.0. The fourth-order valence-electron chi connectivity index (χ4n) is 1.94. The van der Waals surface area contributed by atoms with Gasteiger partial charge in [-0.05, 0) is 54.8 Å². The number of carbonyl (C=O) groups is 1. The Bertz CT molecular complexity index is 653. The maximum Gasteiger partial charge on any atom is 0.150 e. The number of hydrogen-bond donors (Lipinski definition) is 0. The molecule has 2 aromatic carbocycles. The zero-order chi connectivity index (χ0) is 14.7. The van der Waals surface area contributed by atoms with E-state index in [2.05, 4.69) is 6.92 Å². The molecule has 0 aliphatic heterocycles. The van der Waals surface area contributed by atoms with Crippen molar-refractivity contribution < 1.29 is 4.79 Å². The van der Waals surface area contributed by atoms with Crippen LogP contribution >= 0.6 is 35.0 Å². The van der Waals surface area contributed by atoms with E-state index in [1.54, 1.807) is 23.9 Å². The highest BCUT2D eigenvalue weighted by molar-refractivity contribution is 7.98. The second-order valence-corrected chi connectivity index (χ2v) is 6.48. The molecule has 0 aliphatic rings. The Morgan fingerprint density at radius 1 is 1.10 bits per heavy atom. The van der Waals surface area contributed by atoms with Crippen molar-refractivity contribution in [3.8, 4) is 0 Å². The summed E-state index contributed by atoms with van der Waals surface area (Å²) in [6.45, 7) is 4.00. The SMILES string of the molecule is Cc1cc(C)c(CSc2cc(Cl)ccc2Cl)cc1C=O. The molecule has 0 amide bonds. The van der Waals surface area contributed by atoms with Gasteiger partial charge in [-0.3, -0.25) is 4.79 Å². The minimum atomic E-state index is 0.672. The standard InChI is InChI=1S/C16H14Cl2OS/c1-10-5-11(2)13(6-12(10)8-19)9-20-16-7-14(17)3-4-15(16)18/h3-8H,9H2,1-2H3. The van der Waals surface area contributed by atoms with Crippen LogP contribution in [0.1, 0.15) is 27.0 Å². The minimum Gasteiger partial charge on any atom is -0.298 e. The van der Waals surface area contributed by atoms with Gasteiger partial charge in [0, 0.05) is 21.2 Å². The van der Waals surface area contributed by atoms with Gasteiger partial charge in [0.05, 0.1) is 5.02 Å². The first-order valence-corrected chi connectivity index (χ1v) is 7.88. The van der Waals surface area contributed by atoms with Gasteiger partial charge in [-0.25, -0.2) is 0 Å². The van der Waals surface area contributed by atoms with Crippen LogP contribution in [0.3, 0.4) is 0 Å². The lowest BCUT2D eigenvalue weighted by Crippen LogP contribution is -1.94. The largest absolute Gasteiger partial charge is 0.298 e. The van der Waals surface area contributed by atoms with Crippen molar-refractivity contribution in [3.63, 3.8) is 0 Å². The van der Waals surface area contributed by atoms with Crippen molar-refractivity contribution in [1.82, 2.24) is 0 Å². The Kier molecular flexibility index (Phi) is 5.14. The van der Waals surface area contributed by atoms with E-state index in [4.69, 9.17) is 23.2 Å². The molecule has 1 nitrogen and oxygen atoms in total. The molecule has 104 valence electrons. The van der Waals surface area contributed by atoms with Gasteiger partial charge in [0.2, 0.25) is 0 Å². The van der Waals surface area contributed by atoms with Gasteiger partial charge in [0.25, 0.3) is 0 Å². The zero-order valence-corrected chi connectivity index (χ0v) is 13.6. The molecule has 0 aliphatic carbocycles. The van der Waals surface area contributed by atoms with Crippen LogP contribution in [0.5, 0.6) is 0 Å². The molecule has 4 heteroatoms. The fourth-order valence-corrected chi connectivity index (χ4v) is 3.50. The summed E-state index contributed by atoms with van der Waals surface area (Å²) in [6.07, 6.45) is 0.898. The molecule has 0 atom stereocenters. The van der Waals surface area contributed by atoms with E-state index in [-0.39, 0.29) is 0 Å². The van der Waals surface area contributed by atoms with Crippen molar-refractivity contribution in [2.45, 2.75) is 24.5 Å². The van der Waals surface area contributed by atoms with E-state index in [1.165, 1.54) is 5.56 Å². The van der Waals surface area contributed by atoms with Crippen LogP contribution in [-0.2, 0) is 5.75 Å². The zero-order valence-electron chi connectivity index (χ0n) is 11.2. The van der Waals surface area contributed by atoms with Crippen molar-refractivity contribution >= 4 is 41.2 Å². The summed E-state index contributed by atoms with van der Waals surface area (Å²) in [5.74, 6) is 0.757. The number of benzene rings is 2. The molecule has 0 saturated heterocycles. The molecule has 0 heterocycles. The van der Waals surface area contributed by atoms with Crippen LogP contribution in [-0.4, -0.2) is 6.29 Å². The summed E-state index contributed by atoms with van der Waals surface area (Å²) < 4.78 is 0. The summed E-state index contributed by atoms with van der Waals surface area (Å²) in [7, 11) is 0. The summed E-state index contributed by atoms with van der Waals surface area (Å²) in [6, 6.07) is 9.42. The van der Waals surface area contributed by atoms with E-state index in [9.17, 15) is 4.79 Å². The number of aldehydes is 1. The monoisotopic (exact) mass is 324 g/mol. The van der Waals surface area contributed by atoms with E-state index in [0.717, 1.165) is 33.6 Å². The summed E-state index contributed by atoms with van der Waals surface area (Å²) in [4.78, 5) is 12.0. The highest BCUT2D eigenvalue weighted by Crippen LogP contribution is 2.33. The lowest BCUT2D eigenvalue weighted by molar-refractivity contribution is 0.112. The van der Waals surface area contributed by atoms with E-state index >= 15 is 0 Å². The molecular formula is C16H14Cl2OS. The molecule has 0 spiro atoms. The topological polar surface area (TPSA) is 17.1 Å². The molecule has 0 unspecified atom stereocenters. The average Bonchev–Trinajstić information content (AvgIpc) is 2.41. The van der Waals surface area contributed by atoms with E-state index in [1.807, 2.05) is 25.1 Å². The highest BCUT2D eigenvalue weighted by atomic mass is 35.5. The third-order valence-corrected chi connectivity index (χ3v) is 4.91. The molecule has 0 radical (unpaired) electrons. The van der Waals surface area contributed by atoms with Crippen LogP contribution < -0.4 is 0 Å². The van der Waals surface area contributed by atoms with Crippen LogP contribution in [0.2, 0.25) is 10.0 Å². The fraction of sp³-hybridized carbons (Fsp3) is 0.188. The lowest BCUT2D eigenvalue weighted by Gasteiger charge is -2.10. The average molecular weight is 325 g/mol. The summed E-state index contributed by atoms with van der Waals surface area (Å²) in [5.41, 5.74) is 4.06. The summed E-state index contributed by atoms with van der Waals surface area (Å²) >= 11 is 13.8. The van der Waals surface area contributed by atoms with Crippen molar-refractivity contribution in [2.24, 2.45) is 0 Å². The molecule has 0 fully saturated rings. The number of aryl methyl sites for hydroxylation is 2. The molecule has 2 aromatic rings. The number of thioether (sulfide) groups is 1. The van der Waals surface area contributed by atoms with Gasteiger partial charge in [0.1, 0.15) is 6.29 Å². The van der Waals surface area contributed by atoms with Gasteiger partial charge in [0.15, 0.2) is 0 Å². The number of carbonyl (C=O) groups excluding carboxylic acids is 1. The lowest BCUT2D eigenvalue weighted by atomic mass is 10.0. The Morgan fingerprint density at radius 3 is 2.55 bits per heavy atom. The first-order chi connectivity index (χ1) is 9.51. The van der Waals surface area contributed by atoms with Crippen molar-refractivity contribution in [1.29, 1.82) is 0 Å². The number of halogens is 2. The predicted molar refractivity (Wildman–Crippen MR) is 87.3 cm³/mol. The van der Waals surface area contributed by atoms with Crippen LogP contribution in [0.15, 0.2) is 35.2 Å². The van der Waals surface area contributed by atoms with Gasteiger partial charge >= 0.3 is 0 Å². The molecule has 2 rings (SSSR count). The van der Waals surface area contributed by atoms with Gasteiger partial charge in [-0.2, -0.15) is 0 Å². The second-order valence-electron chi connectivity index (χ2n) is 4.62. The van der Waals surface area contributed by atoms with E-state index < -0.39 is 0 Å². The third-order valence-electron chi connectivity index (χ3n) is 3.13. The first-order valence-electron chi connectivity index (χ1n) is 6.14. The normalized spacial score (nSPS) is 10.6. The summed E-state index contributed by atoms with van der Waals surface area (Å²) in [5, 5.41) is 1.37. The molecular weight excluding hydrogens is 311 g/mol. The molecule has 0 aromatic heterocycles. The van der Waals surface area contributed by atoms with Crippen molar-refractivity contribution in [3.05, 3.63) is 62.6 Å². The number of hydrogen-bond acceptors (Lipinski definition) is 2. The molecule has 0 bridgehead atoms. The quantitative estimate of drug-likeness (QED) is 0.528. The maximum atomic E-state index is 11.0. The van der Waals surface area contributed by atoms with Crippen LogP contribution in [0, 0.1) is 13.8 Å². The highest BCUT2D eigenvalue weighted by Gasteiger charge is 2.07. The molecule has 0 N–H and O–H groups in total. The van der Waals surface area contributed by atoms with E-state index in [0.29, 0.717) is 10.0 Å².